The third-order valence-electron chi connectivity index (χ3n) is 4.97. The Morgan fingerprint density at radius 2 is 2.04 bits per heavy atom. The smallest absolute Gasteiger partial charge is 0.338 e. The largest absolute Gasteiger partial charge is 0.478 e. The van der Waals surface area contributed by atoms with E-state index in [0.29, 0.717) is 11.6 Å². The predicted octanol–water partition coefficient (Wildman–Crippen LogP) is 1.79. The highest BCUT2D eigenvalue weighted by atomic mass is 31.0. The number of rotatable bonds is 6. The third kappa shape index (κ3) is 3.40. The molecule has 0 amide bonds. The second-order valence-corrected chi connectivity index (χ2v) is 7.29. The molecule has 0 aliphatic heterocycles. The average molecular weight is 382 g/mol. The Balaban J connectivity index is 1.47. The quantitative estimate of drug-likeness (QED) is 0.626. The van der Waals surface area contributed by atoms with Crippen molar-refractivity contribution in [2.45, 2.75) is 24.7 Å². The summed E-state index contributed by atoms with van der Waals surface area (Å²) in [4.78, 5) is 24.2. The lowest BCUT2D eigenvalue weighted by atomic mass is 9.66. The number of carboxylic acids is 1. The van der Waals surface area contributed by atoms with Gasteiger partial charge in [-0.05, 0) is 24.2 Å². The normalized spacial score (nSPS) is 15.1. The first-order valence-corrected chi connectivity index (χ1v) is 9.20. The molecule has 2 N–H and O–H groups in total. The van der Waals surface area contributed by atoms with Gasteiger partial charge in [-0.2, -0.15) is 5.10 Å². The van der Waals surface area contributed by atoms with Crippen LogP contribution in [0.1, 0.15) is 35.3 Å². The minimum Gasteiger partial charge on any atom is -0.478 e. The van der Waals surface area contributed by atoms with E-state index in [2.05, 4.69) is 40.7 Å². The van der Waals surface area contributed by atoms with Crippen LogP contribution in [0.2, 0.25) is 0 Å². The summed E-state index contributed by atoms with van der Waals surface area (Å²) >= 11 is 0. The van der Waals surface area contributed by atoms with Crippen molar-refractivity contribution in [1.29, 1.82) is 0 Å². The molecule has 1 unspecified atom stereocenters. The van der Waals surface area contributed by atoms with Crippen molar-refractivity contribution in [2.24, 2.45) is 0 Å². The van der Waals surface area contributed by atoms with Gasteiger partial charge in [0.1, 0.15) is 5.69 Å². The minimum atomic E-state index is -1.02. The first-order chi connectivity index (χ1) is 13.1. The maximum absolute atomic E-state index is 11.0. The molecule has 3 heterocycles. The van der Waals surface area contributed by atoms with Crippen molar-refractivity contribution in [3.63, 3.8) is 0 Å². The highest BCUT2D eigenvalue weighted by Crippen LogP contribution is 2.42. The number of carbonyl (C=O) groups is 1. The molecule has 8 nitrogen and oxygen atoms in total. The molecule has 1 aliphatic carbocycles. The van der Waals surface area contributed by atoms with E-state index in [1.807, 2.05) is 12.3 Å². The Morgan fingerprint density at radius 3 is 2.63 bits per heavy atom. The molecular weight excluding hydrogens is 363 g/mol. The van der Waals surface area contributed by atoms with E-state index in [9.17, 15) is 4.79 Å². The highest BCUT2D eigenvalue weighted by Gasteiger charge is 2.40. The van der Waals surface area contributed by atoms with Crippen LogP contribution >= 0.6 is 9.24 Å². The number of nitrogens with zero attached hydrogens (tertiary/aromatic N) is 5. The van der Waals surface area contributed by atoms with Crippen LogP contribution in [0, 0.1) is 0 Å². The Labute approximate surface area is 158 Å². The van der Waals surface area contributed by atoms with Crippen molar-refractivity contribution >= 4 is 26.5 Å². The zero-order valence-corrected chi connectivity index (χ0v) is 15.7. The fourth-order valence-electron chi connectivity index (χ4n) is 3.32. The molecule has 1 fully saturated rings. The van der Waals surface area contributed by atoms with Crippen molar-refractivity contribution in [3.05, 3.63) is 54.4 Å². The number of anilines is 1. The van der Waals surface area contributed by atoms with E-state index in [1.165, 1.54) is 23.5 Å². The summed E-state index contributed by atoms with van der Waals surface area (Å²) in [5.74, 6) is -0.494. The van der Waals surface area contributed by atoms with Crippen molar-refractivity contribution < 1.29 is 9.90 Å². The number of hydrogen-bond donors (Lipinski definition) is 2. The van der Waals surface area contributed by atoms with Gasteiger partial charge < -0.3 is 10.4 Å². The van der Waals surface area contributed by atoms with Gasteiger partial charge in [0.15, 0.2) is 0 Å². The van der Waals surface area contributed by atoms with Gasteiger partial charge in [0, 0.05) is 24.4 Å². The van der Waals surface area contributed by atoms with Crippen LogP contribution in [-0.4, -0.2) is 42.4 Å². The Morgan fingerprint density at radius 1 is 1.26 bits per heavy atom. The first kappa shape index (κ1) is 17.5. The number of aromatic carboxylic acids is 1. The van der Waals surface area contributed by atoms with E-state index in [4.69, 9.17) is 5.11 Å². The lowest BCUT2D eigenvalue weighted by molar-refractivity contribution is 0.0697. The van der Waals surface area contributed by atoms with Crippen molar-refractivity contribution in [1.82, 2.24) is 24.7 Å². The molecule has 3 aromatic heterocycles. The molecule has 4 rings (SSSR count). The van der Waals surface area contributed by atoms with Gasteiger partial charge in [0.25, 0.3) is 0 Å². The zero-order chi connectivity index (χ0) is 18.9. The number of nitrogens with one attached hydrogen (secondary N) is 1. The molecule has 0 saturated heterocycles. The summed E-state index contributed by atoms with van der Waals surface area (Å²) in [6.45, 7) is 0.718. The summed E-state index contributed by atoms with van der Waals surface area (Å²) in [7, 11) is 2.77. The molecule has 3 aromatic rings. The van der Waals surface area contributed by atoms with Crippen LogP contribution < -0.4 is 10.6 Å². The van der Waals surface area contributed by atoms with Gasteiger partial charge >= 0.3 is 5.97 Å². The number of carboxylic acid groups (broad SMARTS) is 1. The van der Waals surface area contributed by atoms with Crippen molar-refractivity contribution in [2.75, 3.05) is 11.9 Å². The fourth-order valence-corrected chi connectivity index (χ4v) is 3.81. The average Bonchev–Trinajstić information content (AvgIpc) is 3.13. The summed E-state index contributed by atoms with van der Waals surface area (Å²) in [5, 5.41) is 17.4. The van der Waals surface area contributed by atoms with E-state index in [1.54, 1.807) is 12.4 Å². The number of pyridine rings is 1. The lowest BCUT2D eigenvalue weighted by Crippen LogP contribution is -2.44. The Bertz CT molecular complexity index is 968. The molecule has 0 aromatic carbocycles. The van der Waals surface area contributed by atoms with E-state index in [0.717, 1.165) is 30.4 Å². The maximum Gasteiger partial charge on any atom is 0.338 e. The topological polar surface area (TPSA) is 106 Å². The molecule has 27 heavy (non-hydrogen) atoms. The van der Waals surface area contributed by atoms with E-state index >= 15 is 0 Å². The summed E-state index contributed by atoms with van der Waals surface area (Å²) in [5.41, 5.74) is 1.85. The van der Waals surface area contributed by atoms with Crippen LogP contribution in [0.5, 0.6) is 0 Å². The molecular formula is C18H19N6O2P. The van der Waals surface area contributed by atoms with E-state index in [-0.39, 0.29) is 11.0 Å². The van der Waals surface area contributed by atoms with Crippen LogP contribution in [0.25, 0.3) is 5.69 Å². The molecule has 9 heteroatoms. The molecule has 0 spiro atoms. The number of aromatic nitrogens is 5. The van der Waals surface area contributed by atoms with Crippen LogP contribution in [0.3, 0.4) is 0 Å². The molecule has 0 radical (unpaired) electrons. The monoisotopic (exact) mass is 382 g/mol. The minimum absolute atomic E-state index is 0.0126. The van der Waals surface area contributed by atoms with Gasteiger partial charge in [-0.3, -0.25) is 4.98 Å². The third-order valence-corrected chi connectivity index (χ3v) is 5.43. The van der Waals surface area contributed by atoms with Crippen LogP contribution in [0.4, 0.5) is 5.95 Å². The highest BCUT2D eigenvalue weighted by molar-refractivity contribution is 7.27. The van der Waals surface area contributed by atoms with Crippen molar-refractivity contribution in [3.8, 4) is 5.69 Å². The second kappa shape index (κ2) is 7.04. The van der Waals surface area contributed by atoms with Gasteiger partial charge in [-0.1, -0.05) is 12.5 Å². The standard InChI is InChI=1S/C18H19N6O2P/c25-16(26)12-7-23-24(10-12)13-8-20-17(21-9-13)22-11-18(4-2-5-18)15-14(27)3-1-6-19-15/h1,3,6-10H,2,4-5,11,27H2,(H,25,26)(H,20,21,22). The second-order valence-electron chi connectivity index (χ2n) is 6.67. The fraction of sp³-hybridized carbons (Fsp3) is 0.278. The van der Waals surface area contributed by atoms with Crippen LogP contribution in [0.15, 0.2) is 43.1 Å². The van der Waals surface area contributed by atoms with Gasteiger partial charge in [-0.15, -0.1) is 9.24 Å². The summed E-state index contributed by atoms with van der Waals surface area (Å²) in [6, 6.07) is 4.01. The molecule has 1 atom stereocenters. The molecule has 1 aliphatic rings. The SMILES string of the molecule is O=C(O)c1cnn(-c2cnc(NCC3(c4ncccc4P)CCC3)nc2)c1. The summed E-state index contributed by atoms with van der Waals surface area (Å²) < 4.78 is 1.44. The van der Waals surface area contributed by atoms with Gasteiger partial charge in [0.05, 0.1) is 29.8 Å². The molecule has 0 bridgehead atoms. The predicted molar refractivity (Wildman–Crippen MR) is 104 cm³/mol. The van der Waals surface area contributed by atoms with Gasteiger partial charge in [0.2, 0.25) is 5.95 Å². The molecule has 138 valence electrons. The Kier molecular flexibility index (Phi) is 4.58. The molecule has 1 saturated carbocycles. The zero-order valence-electron chi connectivity index (χ0n) is 14.5. The first-order valence-electron chi connectivity index (χ1n) is 8.63. The Hall–Kier alpha value is -2.86. The lowest BCUT2D eigenvalue weighted by Gasteiger charge is -2.42. The van der Waals surface area contributed by atoms with Crippen LogP contribution in [-0.2, 0) is 5.41 Å². The van der Waals surface area contributed by atoms with Gasteiger partial charge in [-0.25, -0.2) is 19.4 Å². The maximum atomic E-state index is 11.0. The summed E-state index contributed by atoms with van der Waals surface area (Å²) in [6.07, 6.45) is 11.1. The number of hydrogen-bond acceptors (Lipinski definition) is 6. The van der Waals surface area contributed by atoms with E-state index < -0.39 is 5.97 Å².